The predicted octanol–water partition coefficient (Wildman–Crippen LogP) is 5.94. The van der Waals surface area contributed by atoms with Gasteiger partial charge in [-0.2, -0.15) is 0 Å². The largest absolute Gasteiger partial charge is 0.491 e. The van der Waals surface area contributed by atoms with Gasteiger partial charge in [-0.25, -0.2) is 0 Å². The van der Waals surface area contributed by atoms with E-state index in [2.05, 4.69) is 34.2 Å². The molecule has 0 saturated carbocycles. The van der Waals surface area contributed by atoms with Crippen molar-refractivity contribution in [1.82, 2.24) is 0 Å². The molecule has 2 aromatic carbocycles. The van der Waals surface area contributed by atoms with Crippen LogP contribution in [0, 0.1) is 0 Å². The topological polar surface area (TPSA) is 21.3 Å². The summed E-state index contributed by atoms with van der Waals surface area (Å²) in [5, 5.41) is 4.12. The first kappa shape index (κ1) is 17.2. The van der Waals surface area contributed by atoms with Crippen LogP contribution in [0.25, 0.3) is 0 Å². The maximum atomic E-state index is 5.99. The van der Waals surface area contributed by atoms with Crippen LogP contribution in [0.5, 0.6) is 5.75 Å². The van der Waals surface area contributed by atoms with E-state index in [1.807, 2.05) is 36.4 Å². The van der Waals surface area contributed by atoms with Crippen LogP contribution in [0.2, 0.25) is 5.02 Å². The number of hydrogen-bond donors (Lipinski definition) is 1. The summed E-state index contributed by atoms with van der Waals surface area (Å²) in [6.45, 7) is 3.68. The van der Waals surface area contributed by atoms with Gasteiger partial charge in [0.15, 0.2) is 0 Å². The number of anilines is 1. The summed E-state index contributed by atoms with van der Waals surface area (Å²) in [7, 11) is 0. The summed E-state index contributed by atoms with van der Waals surface area (Å²) in [6, 6.07) is 14.1. The molecule has 1 N–H and O–H groups in total. The molecule has 0 fully saturated rings. The smallest absolute Gasteiger partial charge is 0.142 e. The molecular formula is C18H21BrClNO. The monoisotopic (exact) mass is 381 g/mol. The minimum atomic E-state index is 0.723. The Kier molecular flexibility index (Phi) is 7.07. The van der Waals surface area contributed by atoms with Crippen LogP contribution in [-0.2, 0) is 6.42 Å². The molecule has 0 spiro atoms. The molecular weight excluding hydrogens is 362 g/mol. The normalized spacial score (nSPS) is 10.5. The zero-order chi connectivity index (χ0) is 15.8. The van der Waals surface area contributed by atoms with E-state index < -0.39 is 0 Å². The van der Waals surface area contributed by atoms with Gasteiger partial charge in [-0.15, -0.1) is 0 Å². The third-order valence-corrected chi connectivity index (χ3v) is 4.04. The third kappa shape index (κ3) is 5.54. The summed E-state index contributed by atoms with van der Waals surface area (Å²) in [5.74, 6) is 0.910. The molecule has 0 saturated heterocycles. The number of unbranched alkanes of at least 4 members (excludes halogenated alkanes) is 1. The molecule has 0 aromatic heterocycles. The summed E-state index contributed by atoms with van der Waals surface area (Å²) in [5.41, 5.74) is 2.32. The van der Waals surface area contributed by atoms with Crippen LogP contribution in [-0.4, -0.2) is 13.2 Å². The molecule has 4 heteroatoms. The van der Waals surface area contributed by atoms with Crippen molar-refractivity contribution < 1.29 is 4.74 Å². The highest BCUT2D eigenvalue weighted by Gasteiger charge is 2.03. The lowest BCUT2D eigenvalue weighted by Crippen LogP contribution is -2.03. The SMILES string of the molecule is CCNc1cc(Br)ccc1OCCCCc1cccc(Cl)c1. The van der Waals surface area contributed by atoms with Crippen molar-refractivity contribution in [2.24, 2.45) is 0 Å². The lowest BCUT2D eigenvalue weighted by Gasteiger charge is -2.13. The maximum absolute atomic E-state index is 5.99. The van der Waals surface area contributed by atoms with Gasteiger partial charge < -0.3 is 10.1 Å². The second-order valence-corrected chi connectivity index (χ2v) is 6.46. The number of nitrogens with one attached hydrogen (secondary N) is 1. The molecule has 2 aromatic rings. The quantitative estimate of drug-likeness (QED) is 0.571. The van der Waals surface area contributed by atoms with Gasteiger partial charge in [0.2, 0.25) is 0 Å². The molecule has 0 aliphatic carbocycles. The highest BCUT2D eigenvalue weighted by molar-refractivity contribution is 9.10. The Balaban J connectivity index is 1.77. The molecule has 118 valence electrons. The highest BCUT2D eigenvalue weighted by atomic mass is 79.9. The van der Waals surface area contributed by atoms with E-state index >= 15 is 0 Å². The fourth-order valence-electron chi connectivity index (χ4n) is 2.26. The van der Waals surface area contributed by atoms with E-state index in [9.17, 15) is 0 Å². The zero-order valence-electron chi connectivity index (χ0n) is 12.7. The Labute approximate surface area is 146 Å². The number of hydrogen-bond acceptors (Lipinski definition) is 2. The van der Waals surface area contributed by atoms with Gasteiger partial charge >= 0.3 is 0 Å². The number of aryl methyl sites for hydroxylation is 1. The number of rotatable bonds is 8. The molecule has 2 rings (SSSR count). The average Bonchev–Trinajstić information content (AvgIpc) is 2.49. The van der Waals surface area contributed by atoms with Crippen molar-refractivity contribution >= 4 is 33.2 Å². The van der Waals surface area contributed by atoms with E-state index in [0.29, 0.717) is 0 Å². The summed E-state index contributed by atoms with van der Waals surface area (Å²) in [6.07, 6.45) is 3.14. The molecule has 0 aliphatic heterocycles. The van der Waals surface area contributed by atoms with Gasteiger partial charge in [-0.1, -0.05) is 39.7 Å². The molecule has 0 amide bonds. The van der Waals surface area contributed by atoms with Gasteiger partial charge in [-0.3, -0.25) is 0 Å². The van der Waals surface area contributed by atoms with Crippen molar-refractivity contribution in [1.29, 1.82) is 0 Å². The molecule has 0 radical (unpaired) electrons. The third-order valence-electron chi connectivity index (χ3n) is 3.32. The van der Waals surface area contributed by atoms with Crippen molar-refractivity contribution in [2.45, 2.75) is 26.2 Å². The molecule has 2 nitrogen and oxygen atoms in total. The van der Waals surface area contributed by atoms with Gasteiger partial charge in [0.25, 0.3) is 0 Å². The number of halogens is 2. The minimum absolute atomic E-state index is 0.723. The molecule has 0 bridgehead atoms. The fraction of sp³-hybridized carbons (Fsp3) is 0.333. The van der Waals surface area contributed by atoms with Crippen LogP contribution in [0.3, 0.4) is 0 Å². The Bertz CT molecular complexity index is 603. The zero-order valence-corrected chi connectivity index (χ0v) is 15.1. The average molecular weight is 383 g/mol. The van der Waals surface area contributed by atoms with Gasteiger partial charge in [-0.05, 0) is 62.1 Å². The molecule has 22 heavy (non-hydrogen) atoms. The molecule has 0 unspecified atom stereocenters. The van der Waals surface area contributed by atoms with Crippen LogP contribution < -0.4 is 10.1 Å². The number of benzene rings is 2. The molecule has 0 aliphatic rings. The maximum Gasteiger partial charge on any atom is 0.142 e. The Morgan fingerprint density at radius 2 is 2.00 bits per heavy atom. The van der Waals surface area contributed by atoms with E-state index in [1.165, 1.54) is 5.56 Å². The highest BCUT2D eigenvalue weighted by Crippen LogP contribution is 2.28. The van der Waals surface area contributed by atoms with Crippen LogP contribution in [0.15, 0.2) is 46.9 Å². The Morgan fingerprint density at radius 1 is 1.14 bits per heavy atom. The fourth-order valence-corrected chi connectivity index (χ4v) is 2.84. The van der Waals surface area contributed by atoms with Crippen LogP contribution >= 0.6 is 27.5 Å². The van der Waals surface area contributed by atoms with Crippen LogP contribution in [0.4, 0.5) is 5.69 Å². The van der Waals surface area contributed by atoms with Gasteiger partial charge in [0.05, 0.1) is 12.3 Å². The van der Waals surface area contributed by atoms with Crippen molar-refractivity contribution in [3.05, 3.63) is 57.5 Å². The van der Waals surface area contributed by atoms with Crippen LogP contribution in [0.1, 0.15) is 25.3 Å². The Morgan fingerprint density at radius 3 is 2.77 bits per heavy atom. The van der Waals surface area contributed by atoms with Crippen molar-refractivity contribution in [2.75, 3.05) is 18.5 Å². The second-order valence-electron chi connectivity index (χ2n) is 5.11. The second kappa shape index (κ2) is 9.06. The summed E-state index contributed by atoms with van der Waals surface area (Å²) < 4.78 is 6.95. The predicted molar refractivity (Wildman–Crippen MR) is 98.2 cm³/mol. The first-order valence-corrected chi connectivity index (χ1v) is 8.77. The standard InChI is InChI=1S/C18H21BrClNO/c1-2-21-17-13-15(19)9-10-18(17)22-11-4-3-6-14-7-5-8-16(20)12-14/h5,7-10,12-13,21H,2-4,6,11H2,1H3. The first-order valence-electron chi connectivity index (χ1n) is 7.59. The van der Waals surface area contributed by atoms with E-state index in [0.717, 1.165) is 53.3 Å². The first-order chi connectivity index (χ1) is 10.7. The summed E-state index contributed by atoms with van der Waals surface area (Å²) >= 11 is 9.47. The van der Waals surface area contributed by atoms with Gasteiger partial charge in [0, 0.05) is 16.0 Å². The van der Waals surface area contributed by atoms with Crippen molar-refractivity contribution in [3.8, 4) is 5.75 Å². The van der Waals surface area contributed by atoms with E-state index in [1.54, 1.807) is 0 Å². The van der Waals surface area contributed by atoms with E-state index in [-0.39, 0.29) is 0 Å². The van der Waals surface area contributed by atoms with Crippen molar-refractivity contribution in [3.63, 3.8) is 0 Å². The van der Waals surface area contributed by atoms with E-state index in [4.69, 9.17) is 16.3 Å². The lowest BCUT2D eigenvalue weighted by atomic mass is 10.1. The molecule has 0 heterocycles. The summed E-state index contributed by atoms with van der Waals surface area (Å²) in [4.78, 5) is 0. The number of ether oxygens (including phenoxy) is 1. The minimum Gasteiger partial charge on any atom is -0.491 e. The Hall–Kier alpha value is -1.19. The molecule has 0 atom stereocenters. The lowest BCUT2D eigenvalue weighted by molar-refractivity contribution is 0.308. The van der Waals surface area contributed by atoms with Gasteiger partial charge in [0.1, 0.15) is 5.75 Å².